The summed E-state index contributed by atoms with van der Waals surface area (Å²) in [6.45, 7) is 3.89. The third kappa shape index (κ3) is 3.72. The molecule has 1 N–H and O–H groups in total. The largest absolute Gasteiger partial charge is 0.481 e. The number of aliphatic carboxylic acids is 1. The van der Waals surface area contributed by atoms with Crippen molar-refractivity contribution in [1.82, 2.24) is 0 Å². The summed E-state index contributed by atoms with van der Waals surface area (Å²) in [5.41, 5.74) is 1.06. The van der Waals surface area contributed by atoms with Crippen LogP contribution in [0.1, 0.15) is 19.4 Å². The van der Waals surface area contributed by atoms with Crippen LogP contribution in [0.2, 0.25) is 0 Å². The number of carbonyl (C=O) groups is 1. The van der Waals surface area contributed by atoms with Gasteiger partial charge in [-0.3, -0.25) is 4.79 Å². The lowest BCUT2D eigenvalue weighted by Crippen LogP contribution is -2.25. The van der Waals surface area contributed by atoms with Crippen molar-refractivity contribution in [3.8, 4) is 0 Å². The maximum atomic E-state index is 10.7. The molecule has 0 spiro atoms. The average Bonchev–Trinajstić information content (AvgIpc) is 2.26. The van der Waals surface area contributed by atoms with Crippen molar-refractivity contribution in [2.24, 2.45) is 5.92 Å². The monoisotopic (exact) mass is 208 g/mol. The van der Waals surface area contributed by atoms with Gasteiger partial charge < -0.3 is 9.84 Å². The molecule has 0 aliphatic carbocycles. The van der Waals surface area contributed by atoms with Gasteiger partial charge in [0.15, 0.2) is 0 Å². The van der Waals surface area contributed by atoms with Crippen molar-refractivity contribution in [3.05, 3.63) is 35.9 Å². The minimum Gasteiger partial charge on any atom is -0.481 e. The fraction of sp³-hybridized carbons (Fsp3) is 0.417. The molecule has 0 unspecified atom stereocenters. The van der Waals surface area contributed by atoms with Crippen LogP contribution in [0.3, 0.4) is 0 Å². The van der Waals surface area contributed by atoms with Gasteiger partial charge in [-0.05, 0) is 19.4 Å². The Morgan fingerprint density at radius 3 is 2.47 bits per heavy atom. The maximum Gasteiger partial charge on any atom is 0.308 e. The molecule has 3 nitrogen and oxygen atoms in total. The van der Waals surface area contributed by atoms with Crippen LogP contribution >= 0.6 is 0 Å². The molecular formula is C12H16O3. The molecule has 0 aliphatic rings. The van der Waals surface area contributed by atoms with Crippen molar-refractivity contribution in [3.63, 3.8) is 0 Å². The van der Waals surface area contributed by atoms with E-state index < -0.39 is 11.9 Å². The minimum absolute atomic E-state index is 0.275. The van der Waals surface area contributed by atoms with Gasteiger partial charge in [0.05, 0.1) is 18.6 Å². The highest BCUT2D eigenvalue weighted by Gasteiger charge is 2.19. The molecule has 1 aromatic rings. The second-order valence-corrected chi connectivity index (χ2v) is 3.63. The Labute approximate surface area is 89.7 Å². The van der Waals surface area contributed by atoms with Gasteiger partial charge in [0.1, 0.15) is 0 Å². The number of ether oxygens (including phenoxy) is 1. The third-order valence-electron chi connectivity index (χ3n) is 2.45. The smallest absolute Gasteiger partial charge is 0.308 e. The molecule has 0 fully saturated rings. The summed E-state index contributed by atoms with van der Waals surface area (Å²) in [7, 11) is 0. The Balaban J connectivity index is 2.41. The van der Waals surface area contributed by atoms with Gasteiger partial charge in [-0.15, -0.1) is 0 Å². The van der Waals surface area contributed by atoms with Gasteiger partial charge in [0.25, 0.3) is 0 Å². The first-order valence-corrected chi connectivity index (χ1v) is 4.99. The standard InChI is InChI=1S/C12H16O3/c1-9(12(13)14)10(2)15-8-11-6-4-3-5-7-11/h3-7,9-10H,8H2,1-2H3,(H,13,14)/t9-,10+/m0/s1. The van der Waals surface area contributed by atoms with Crippen molar-refractivity contribution >= 4 is 5.97 Å². The van der Waals surface area contributed by atoms with E-state index in [0.29, 0.717) is 6.61 Å². The van der Waals surface area contributed by atoms with Crippen LogP contribution in [-0.2, 0) is 16.1 Å². The fourth-order valence-electron chi connectivity index (χ4n) is 1.15. The molecule has 3 heteroatoms. The van der Waals surface area contributed by atoms with E-state index in [1.807, 2.05) is 30.3 Å². The molecule has 15 heavy (non-hydrogen) atoms. The SMILES string of the molecule is C[C@H](C(=O)O)[C@@H](C)OCc1ccccc1. The number of rotatable bonds is 5. The van der Waals surface area contributed by atoms with Gasteiger partial charge in [0, 0.05) is 0 Å². The van der Waals surface area contributed by atoms with Gasteiger partial charge in [-0.1, -0.05) is 30.3 Å². The fourth-order valence-corrected chi connectivity index (χ4v) is 1.15. The van der Waals surface area contributed by atoms with E-state index >= 15 is 0 Å². The Kier molecular flexibility index (Phi) is 4.31. The van der Waals surface area contributed by atoms with E-state index in [-0.39, 0.29) is 6.10 Å². The summed E-state index contributed by atoms with van der Waals surface area (Å²) in [4.78, 5) is 10.7. The summed E-state index contributed by atoms with van der Waals surface area (Å²) in [5, 5.41) is 8.77. The van der Waals surface area contributed by atoms with Crippen LogP contribution in [0.4, 0.5) is 0 Å². The molecule has 82 valence electrons. The summed E-state index contributed by atoms with van der Waals surface area (Å²) in [6.07, 6.45) is -0.275. The second kappa shape index (κ2) is 5.51. The first-order valence-electron chi connectivity index (χ1n) is 4.99. The zero-order valence-corrected chi connectivity index (χ0v) is 9.01. The van der Waals surface area contributed by atoms with E-state index in [1.165, 1.54) is 0 Å². The van der Waals surface area contributed by atoms with Gasteiger partial charge >= 0.3 is 5.97 Å². The average molecular weight is 208 g/mol. The number of carboxylic acids is 1. The third-order valence-corrected chi connectivity index (χ3v) is 2.45. The molecule has 0 saturated carbocycles. The van der Waals surface area contributed by atoms with E-state index in [1.54, 1.807) is 13.8 Å². The normalized spacial score (nSPS) is 14.5. The number of hydrogen-bond acceptors (Lipinski definition) is 2. The molecule has 0 bridgehead atoms. The molecule has 0 aliphatic heterocycles. The van der Waals surface area contributed by atoms with E-state index in [0.717, 1.165) is 5.56 Å². The molecule has 0 heterocycles. The highest BCUT2D eigenvalue weighted by Crippen LogP contribution is 2.10. The van der Waals surface area contributed by atoms with Crippen molar-refractivity contribution in [1.29, 1.82) is 0 Å². The number of benzene rings is 1. The van der Waals surface area contributed by atoms with E-state index in [2.05, 4.69) is 0 Å². The minimum atomic E-state index is -0.824. The van der Waals surface area contributed by atoms with E-state index in [4.69, 9.17) is 9.84 Å². The Morgan fingerprint density at radius 1 is 1.33 bits per heavy atom. The van der Waals surface area contributed by atoms with Crippen LogP contribution in [0, 0.1) is 5.92 Å². The molecule has 0 amide bonds. The molecule has 2 atom stereocenters. The topological polar surface area (TPSA) is 46.5 Å². The van der Waals surface area contributed by atoms with Crippen LogP contribution in [-0.4, -0.2) is 17.2 Å². The zero-order chi connectivity index (χ0) is 11.3. The Morgan fingerprint density at radius 2 is 1.93 bits per heavy atom. The molecular weight excluding hydrogens is 192 g/mol. The predicted molar refractivity (Wildman–Crippen MR) is 57.5 cm³/mol. The molecule has 1 rings (SSSR count). The molecule has 1 aromatic carbocycles. The maximum absolute atomic E-state index is 10.7. The van der Waals surface area contributed by atoms with Crippen molar-refractivity contribution in [2.45, 2.75) is 26.6 Å². The van der Waals surface area contributed by atoms with Gasteiger partial charge in [0.2, 0.25) is 0 Å². The Hall–Kier alpha value is -1.35. The lowest BCUT2D eigenvalue weighted by Gasteiger charge is -2.16. The van der Waals surface area contributed by atoms with Crippen molar-refractivity contribution < 1.29 is 14.6 Å². The number of hydrogen-bond donors (Lipinski definition) is 1. The summed E-state index contributed by atoms with van der Waals surface area (Å²) in [6, 6.07) is 9.72. The quantitative estimate of drug-likeness (QED) is 0.807. The van der Waals surface area contributed by atoms with Crippen LogP contribution < -0.4 is 0 Å². The summed E-state index contributed by atoms with van der Waals surface area (Å²) >= 11 is 0. The van der Waals surface area contributed by atoms with Gasteiger partial charge in [-0.2, -0.15) is 0 Å². The molecule has 0 aromatic heterocycles. The number of carboxylic acid groups (broad SMARTS) is 1. The molecule has 0 radical (unpaired) electrons. The highest BCUT2D eigenvalue weighted by molar-refractivity contribution is 5.70. The lowest BCUT2D eigenvalue weighted by molar-refractivity contribution is -0.146. The van der Waals surface area contributed by atoms with Crippen LogP contribution in [0.15, 0.2) is 30.3 Å². The summed E-state index contributed by atoms with van der Waals surface area (Å²) < 4.78 is 5.47. The summed E-state index contributed by atoms with van der Waals surface area (Å²) in [5.74, 6) is -1.30. The highest BCUT2D eigenvalue weighted by atomic mass is 16.5. The van der Waals surface area contributed by atoms with Crippen molar-refractivity contribution in [2.75, 3.05) is 0 Å². The first kappa shape index (κ1) is 11.7. The van der Waals surface area contributed by atoms with E-state index in [9.17, 15) is 4.79 Å². The predicted octanol–water partition coefficient (Wildman–Crippen LogP) is 2.31. The van der Waals surface area contributed by atoms with Crippen LogP contribution in [0.5, 0.6) is 0 Å². The Bertz CT molecular complexity index is 308. The lowest BCUT2D eigenvalue weighted by atomic mass is 10.1. The zero-order valence-electron chi connectivity index (χ0n) is 9.01. The van der Waals surface area contributed by atoms with Gasteiger partial charge in [-0.25, -0.2) is 0 Å². The first-order chi connectivity index (χ1) is 7.11. The molecule has 0 saturated heterocycles. The second-order valence-electron chi connectivity index (χ2n) is 3.63. The van der Waals surface area contributed by atoms with Crippen LogP contribution in [0.25, 0.3) is 0 Å².